The van der Waals surface area contributed by atoms with Crippen molar-refractivity contribution in [3.8, 4) is 0 Å². The zero-order chi connectivity index (χ0) is 33.1. The fourth-order valence-corrected chi connectivity index (χ4v) is 6.32. The Balaban J connectivity index is 1.53. The van der Waals surface area contributed by atoms with E-state index in [1.165, 1.54) is 11.8 Å². The van der Waals surface area contributed by atoms with Crippen LogP contribution in [0.1, 0.15) is 79.6 Å². The van der Waals surface area contributed by atoms with E-state index in [1.807, 2.05) is 0 Å². The molecule has 0 saturated carbocycles. The summed E-state index contributed by atoms with van der Waals surface area (Å²) in [5.74, 6) is -0.734. The Morgan fingerprint density at radius 1 is 1.22 bits per heavy atom. The van der Waals surface area contributed by atoms with Gasteiger partial charge in [-0.15, -0.1) is 0 Å². The van der Waals surface area contributed by atoms with Gasteiger partial charge in [0.15, 0.2) is 0 Å². The van der Waals surface area contributed by atoms with Gasteiger partial charge in [0.25, 0.3) is 0 Å². The number of cyclic esters (lactones) is 1. The van der Waals surface area contributed by atoms with Gasteiger partial charge in [-0.05, 0) is 82.6 Å². The lowest BCUT2D eigenvalue weighted by molar-refractivity contribution is -0.166. The number of nitrogens with one attached hydrogen (secondary N) is 1. The lowest BCUT2D eigenvalue weighted by Crippen LogP contribution is -2.43. The summed E-state index contributed by atoms with van der Waals surface area (Å²) >= 11 is 0. The lowest BCUT2D eigenvalue weighted by atomic mass is 9.65. The van der Waals surface area contributed by atoms with Crippen molar-refractivity contribution >= 4 is 30.5 Å². The minimum absolute atomic E-state index is 0.0179. The fraction of sp³-hybridized carbons (Fsp3) is 0.629. The van der Waals surface area contributed by atoms with Gasteiger partial charge in [0, 0.05) is 30.5 Å². The molecule has 0 radical (unpaired) electrons. The molecule has 0 aromatic rings. The fourth-order valence-electron chi connectivity index (χ4n) is 6.32. The summed E-state index contributed by atoms with van der Waals surface area (Å²) in [6, 6.07) is 0. The number of carbonyl (C=O) groups is 4. The second kappa shape index (κ2) is 16.7. The molecule has 0 spiro atoms. The second-order valence-corrected chi connectivity index (χ2v) is 13.3. The van der Waals surface area contributed by atoms with Crippen LogP contribution in [0.2, 0.25) is 0 Å². The van der Waals surface area contributed by atoms with Crippen molar-refractivity contribution in [3.05, 3.63) is 47.7 Å². The van der Waals surface area contributed by atoms with Crippen molar-refractivity contribution in [1.82, 2.24) is 5.32 Å². The summed E-state index contributed by atoms with van der Waals surface area (Å²) in [7, 11) is 0. The Morgan fingerprint density at radius 2 is 1.98 bits per heavy atom. The number of aliphatic imine (C=N–C) groups is 1. The molecule has 1 heterocycles. The van der Waals surface area contributed by atoms with E-state index in [-0.39, 0.29) is 79.7 Å². The van der Waals surface area contributed by atoms with E-state index in [0.29, 0.717) is 31.3 Å². The van der Waals surface area contributed by atoms with Crippen molar-refractivity contribution in [3.63, 3.8) is 0 Å². The summed E-state index contributed by atoms with van der Waals surface area (Å²) in [6.45, 7) is 13.0. The number of hydrogen-bond acceptors (Lipinski definition) is 9. The number of hydrogen-bond donors (Lipinski definition) is 2. The molecule has 3 aliphatic rings. The number of nitrogens with zero attached hydrogens (tertiary/aromatic N) is 1. The van der Waals surface area contributed by atoms with Crippen LogP contribution in [0.25, 0.3) is 0 Å². The zero-order valence-electron chi connectivity index (χ0n) is 27.3. The molecule has 2 N–H and O–H groups in total. The first kappa shape index (κ1) is 35.9. The minimum atomic E-state index is -0.887. The molecule has 1 fully saturated rings. The third kappa shape index (κ3) is 10.8. The number of fused-ring (bicyclic) bond motifs is 1. The first-order valence-electron chi connectivity index (χ1n) is 16.0. The molecule has 7 atom stereocenters. The van der Waals surface area contributed by atoms with E-state index >= 15 is 0 Å². The molecule has 1 aliphatic heterocycles. The van der Waals surface area contributed by atoms with Crippen LogP contribution in [-0.4, -0.2) is 67.1 Å². The van der Waals surface area contributed by atoms with E-state index in [2.05, 4.69) is 49.1 Å². The predicted molar refractivity (Wildman–Crippen MR) is 171 cm³/mol. The normalized spacial score (nSPS) is 28.5. The van der Waals surface area contributed by atoms with Gasteiger partial charge in [0.2, 0.25) is 5.91 Å². The average Bonchev–Trinajstić information content (AvgIpc) is 2.97. The minimum Gasteiger partial charge on any atom is -0.462 e. The molecule has 1 amide bonds. The average molecular weight is 627 g/mol. The summed E-state index contributed by atoms with van der Waals surface area (Å²) in [4.78, 5) is 53.5. The van der Waals surface area contributed by atoms with Crippen molar-refractivity contribution in [1.29, 1.82) is 0 Å². The van der Waals surface area contributed by atoms with E-state index in [1.54, 1.807) is 32.9 Å². The van der Waals surface area contributed by atoms with E-state index in [4.69, 9.17) is 14.2 Å². The Labute approximate surface area is 267 Å². The zero-order valence-corrected chi connectivity index (χ0v) is 27.3. The van der Waals surface area contributed by atoms with E-state index in [9.17, 15) is 24.3 Å². The smallest absolute Gasteiger partial charge is 0.333 e. The molecular formula is C35H50N2O8. The van der Waals surface area contributed by atoms with Crippen molar-refractivity contribution in [2.75, 3.05) is 13.2 Å². The molecule has 45 heavy (non-hydrogen) atoms. The maximum Gasteiger partial charge on any atom is 0.333 e. The van der Waals surface area contributed by atoms with Crippen LogP contribution in [0.5, 0.6) is 0 Å². The van der Waals surface area contributed by atoms with Crippen molar-refractivity contribution in [2.45, 2.75) is 97.9 Å². The van der Waals surface area contributed by atoms with Gasteiger partial charge in [-0.1, -0.05) is 38.2 Å². The summed E-state index contributed by atoms with van der Waals surface area (Å²) < 4.78 is 16.9. The second-order valence-electron chi connectivity index (χ2n) is 13.3. The maximum absolute atomic E-state index is 13.5. The number of ether oxygens (including phenoxy) is 3. The van der Waals surface area contributed by atoms with Crippen molar-refractivity contribution < 1.29 is 38.5 Å². The molecule has 10 heteroatoms. The number of amides is 1. The lowest BCUT2D eigenvalue weighted by Gasteiger charge is -2.44. The molecule has 0 bridgehead atoms. The first-order chi connectivity index (χ1) is 21.3. The number of esters is 3. The van der Waals surface area contributed by atoms with Crippen molar-refractivity contribution in [2.24, 2.45) is 34.1 Å². The molecule has 0 unspecified atom stereocenters. The van der Waals surface area contributed by atoms with Gasteiger partial charge in [0.1, 0.15) is 18.8 Å². The van der Waals surface area contributed by atoms with Gasteiger partial charge in [-0.3, -0.25) is 19.4 Å². The molecular weight excluding hydrogens is 576 g/mol. The van der Waals surface area contributed by atoms with Crippen LogP contribution in [-0.2, 0) is 33.4 Å². The molecule has 0 aromatic carbocycles. The molecule has 1 saturated heterocycles. The van der Waals surface area contributed by atoms with Gasteiger partial charge < -0.3 is 24.6 Å². The quantitative estimate of drug-likeness (QED) is 0.0702. The van der Waals surface area contributed by atoms with Crippen LogP contribution < -0.4 is 5.32 Å². The number of carbonyl (C=O) groups excluding carboxylic acids is 4. The van der Waals surface area contributed by atoms with Crippen LogP contribution >= 0.6 is 0 Å². The molecule has 10 nitrogen and oxygen atoms in total. The van der Waals surface area contributed by atoms with Gasteiger partial charge in [-0.2, -0.15) is 0 Å². The Hall–Kier alpha value is -3.53. The van der Waals surface area contributed by atoms with Gasteiger partial charge in [-0.25, -0.2) is 4.79 Å². The topological polar surface area (TPSA) is 141 Å². The highest BCUT2D eigenvalue weighted by atomic mass is 16.6. The Morgan fingerprint density at radius 3 is 2.69 bits per heavy atom. The van der Waals surface area contributed by atoms with Crippen LogP contribution in [0.4, 0.5) is 0 Å². The Kier molecular flexibility index (Phi) is 13.3. The van der Waals surface area contributed by atoms with E-state index < -0.39 is 17.5 Å². The maximum atomic E-state index is 13.5. The predicted octanol–water partition coefficient (Wildman–Crippen LogP) is 4.78. The summed E-state index contributed by atoms with van der Waals surface area (Å²) in [5.41, 5.74) is 0.683. The third-order valence-electron chi connectivity index (χ3n) is 8.96. The highest BCUT2D eigenvalue weighted by molar-refractivity contribution is 5.88. The number of allylic oxidation sites excluding steroid dienone is 5. The highest BCUT2D eigenvalue weighted by Crippen LogP contribution is 2.45. The number of aliphatic hydroxyl groups is 1. The van der Waals surface area contributed by atoms with E-state index in [0.717, 1.165) is 6.42 Å². The molecule has 2 aliphatic carbocycles. The molecule has 3 rings (SSSR count). The Bertz CT molecular complexity index is 1220. The standard InChI is InChI=1S/C35H50N2O8/c1-22-18-25-10-9-23(2)28(12-11-27-20-26(38)21-31(40)44-27)32(25)29(19-22)45-34(42)35(4,5)14-13-30(39)37-16-17-43-33(41)24(3)8-7-15-36-6/h7-10,15,18,22-23,26-29,32,38H,6,11-14,16-17,19-21H2,1-5H3,(H,37,39)/b15-7-,24-8+/t22-,23-,26+,27+,28-,29-,32-/m0/s1. The van der Waals surface area contributed by atoms with Gasteiger partial charge in [0.05, 0.1) is 24.5 Å². The number of aliphatic hydroxyl groups excluding tert-OH is 1. The van der Waals surface area contributed by atoms with Crippen LogP contribution in [0, 0.1) is 29.1 Å². The SMILES string of the molecule is C=N/C=C\C=C(/C)C(=O)OCCNC(=O)CCC(C)(C)C(=O)O[C@H]1C[C@@H](C)C=C2C=C[C@H](C)[C@H](CC[C@@H]3C[C@@H](O)CC(=O)O3)[C@H]21. The van der Waals surface area contributed by atoms with Crippen LogP contribution in [0.15, 0.2) is 52.7 Å². The monoisotopic (exact) mass is 626 g/mol. The summed E-state index contributed by atoms with van der Waals surface area (Å²) in [6.07, 6.45) is 13.0. The summed E-state index contributed by atoms with van der Waals surface area (Å²) in [5, 5.41) is 12.8. The first-order valence-corrected chi connectivity index (χ1v) is 16.0. The van der Waals surface area contributed by atoms with Crippen LogP contribution in [0.3, 0.4) is 0 Å². The van der Waals surface area contributed by atoms with Gasteiger partial charge >= 0.3 is 17.9 Å². The molecule has 248 valence electrons. The largest absolute Gasteiger partial charge is 0.462 e. The number of rotatable bonds is 14. The third-order valence-corrected chi connectivity index (χ3v) is 8.96. The molecule has 0 aromatic heterocycles. The highest BCUT2D eigenvalue weighted by Gasteiger charge is 2.43.